The lowest BCUT2D eigenvalue weighted by molar-refractivity contribution is -0.380. The summed E-state index contributed by atoms with van der Waals surface area (Å²) in [5.41, 5.74) is -0.160. The van der Waals surface area contributed by atoms with Gasteiger partial charge in [0, 0.05) is 12.3 Å². The molecule has 0 saturated heterocycles. The third-order valence-electron chi connectivity index (χ3n) is 4.45. The summed E-state index contributed by atoms with van der Waals surface area (Å²) >= 11 is 0. The number of aromatic amines is 2. The minimum Gasteiger partial charge on any atom is -0.403 e. The van der Waals surface area contributed by atoms with E-state index in [4.69, 9.17) is 4.42 Å². The Bertz CT molecular complexity index is 1400. The Kier molecular flexibility index (Phi) is 5.54. The molecular weight excluding hydrogens is 455 g/mol. The van der Waals surface area contributed by atoms with E-state index in [0.717, 1.165) is 12.1 Å². The molecule has 0 aliphatic carbocycles. The van der Waals surface area contributed by atoms with Gasteiger partial charge >= 0.3 is 18.0 Å². The van der Waals surface area contributed by atoms with Gasteiger partial charge in [0.05, 0.1) is 0 Å². The Morgan fingerprint density at radius 2 is 1.97 bits per heavy atom. The number of oxazole rings is 1. The maximum absolute atomic E-state index is 14.5. The fourth-order valence-corrected chi connectivity index (χ4v) is 3.06. The molecule has 0 aliphatic rings. The zero-order chi connectivity index (χ0) is 23.8. The minimum atomic E-state index is -5.12. The Labute approximate surface area is 180 Å². The lowest BCUT2D eigenvalue weighted by atomic mass is 10.0. The molecule has 0 saturated carbocycles. The van der Waals surface area contributed by atoms with Crippen molar-refractivity contribution in [1.82, 2.24) is 15.3 Å². The largest absolute Gasteiger partial charge is 0.573 e. The van der Waals surface area contributed by atoms with Gasteiger partial charge < -0.3 is 14.5 Å². The molecule has 33 heavy (non-hydrogen) atoms. The van der Waals surface area contributed by atoms with E-state index < -0.39 is 41.5 Å². The molecular formula is C20H12F5N4O4+. The molecule has 0 spiro atoms. The van der Waals surface area contributed by atoms with Crippen molar-refractivity contribution in [3.63, 3.8) is 0 Å². The topological polar surface area (TPSA) is 111 Å². The predicted octanol–water partition coefficient (Wildman–Crippen LogP) is 3.03. The first-order valence-corrected chi connectivity index (χ1v) is 9.12. The molecule has 4 aromatic rings. The van der Waals surface area contributed by atoms with Gasteiger partial charge in [0.25, 0.3) is 5.69 Å². The summed E-state index contributed by atoms with van der Waals surface area (Å²) in [5, 5.41) is 2.45. The van der Waals surface area contributed by atoms with Crippen molar-refractivity contribution in [2.75, 3.05) is 0 Å². The monoisotopic (exact) mass is 467 g/mol. The van der Waals surface area contributed by atoms with Crippen molar-refractivity contribution in [3.8, 4) is 5.75 Å². The molecule has 3 heterocycles. The highest BCUT2D eigenvalue weighted by molar-refractivity contribution is 5.93. The number of alkyl halides is 3. The van der Waals surface area contributed by atoms with E-state index in [1.807, 2.05) is 0 Å². The molecule has 3 N–H and O–H groups in total. The van der Waals surface area contributed by atoms with E-state index in [9.17, 15) is 31.5 Å². The first-order chi connectivity index (χ1) is 15.6. The van der Waals surface area contributed by atoms with Crippen LogP contribution in [0.25, 0.3) is 11.1 Å². The molecule has 0 bridgehead atoms. The zero-order valence-corrected chi connectivity index (χ0v) is 16.2. The van der Waals surface area contributed by atoms with Gasteiger partial charge in [-0.2, -0.15) is 0 Å². The fraction of sp³-hybridized carbons (Fsp3) is 0.100. The van der Waals surface area contributed by atoms with Gasteiger partial charge in [0.2, 0.25) is 11.8 Å². The number of nitrogens with one attached hydrogen (secondary N) is 3. The van der Waals surface area contributed by atoms with Crippen molar-refractivity contribution in [2.24, 2.45) is 0 Å². The second-order valence-electron chi connectivity index (χ2n) is 6.65. The summed E-state index contributed by atoms with van der Waals surface area (Å²) in [6, 6.07) is 4.60. The van der Waals surface area contributed by atoms with Crippen LogP contribution in [-0.2, 0) is 0 Å². The number of pyridine rings is 2. The van der Waals surface area contributed by atoms with E-state index in [0.29, 0.717) is 12.1 Å². The van der Waals surface area contributed by atoms with Crippen LogP contribution >= 0.6 is 0 Å². The van der Waals surface area contributed by atoms with Crippen LogP contribution in [0.3, 0.4) is 0 Å². The predicted molar refractivity (Wildman–Crippen MR) is 100.0 cm³/mol. The van der Waals surface area contributed by atoms with Gasteiger partial charge in [-0.25, -0.2) is 18.6 Å². The number of nitrogens with zero attached hydrogens (tertiary/aromatic N) is 1. The number of halogens is 5. The van der Waals surface area contributed by atoms with Crippen molar-refractivity contribution < 1.29 is 40.9 Å². The van der Waals surface area contributed by atoms with E-state index in [2.05, 4.69) is 25.0 Å². The normalized spacial score (nSPS) is 12.5. The molecule has 13 heteroatoms. The van der Waals surface area contributed by atoms with Gasteiger partial charge in [-0.1, -0.05) is 6.07 Å². The molecule has 0 radical (unpaired) electrons. The molecule has 4 rings (SSSR count). The molecule has 1 aromatic carbocycles. The number of benzene rings is 1. The van der Waals surface area contributed by atoms with E-state index in [1.54, 1.807) is 0 Å². The lowest BCUT2D eigenvalue weighted by Gasteiger charge is -2.19. The minimum absolute atomic E-state index is 0.0848. The third-order valence-corrected chi connectivity index (χ3v) is 4.45. The van der Waals surface area contributed by atoms with Crippen LogP contribution in [0.1, 0.15) is 27.8 Å². The highest BCUT2D eigenvalue weighted by Crippen LogP contribution is 2.30. The maximum Gasteiger partial charge on any atom is 0.573 e. The van der Waals surface area contributed by atoms with Crippen LogP contribution in [0.5, 0.6) is 5.75 Å². The summed E-state index contributed by atoms with van der Waals surface area (Å²) < 4.78 is 74.5. The van der Waals surface area contributed by atoms with Crippen LogP contribution in [0.15, 0.2) is 58.0 Å². The van der Waals surface area contributed by atoms with Crippen LogP contribution in [0.2, 0.25) is 0 Å². The van der Waals surface area contributed by atoms with Crippen molar-refractivity contribution in [2.45, 2.75) is 12.4 Å². The zero-order valence-electron chi connectivity index (χ0n) is 16.2. The van der Waals surface area contributed by atoms with Crippen LogP contribution in [0.4, 0.5) is 22.0 Å². The fourth-order valence-electron chi connectivity index (χ4n) is 3.06. The number of hydrogen-bond donors (Lipinski definition) is 2. The van der Waals surface area contributed by atoms with Gasteiger partial charge in [-0.05, 0) is 29.8 Å². The first-order valence-electron chi connectivity index (χ1n) is 9.12. The molecule has 8 nitrogen and oxygen atoms in total. The summed E-state index contributed by atoms with van der Waals surface area (Å²) in [6.45, 7) is 0. The number of carbonyl (C=O) groups excluding carboxylic acids is 1. The number of H-pyrrole nitrogens is 2. The summed E-state index contributed by atoms with van der Waals surface area (Å²) in [4.78, 5) is 32.9. The molecule has 1 atom stereocenters. The Morgan fingerprint density at radius 1 is 1.18 bits per heavy atom. The van der Waals surface area contributed by atoms with Crippen LogP contribution in [-0.4, -0.2) is 22.2 Å². The quantitative estimate of drug-likeness (QED) is 0.439. The number of aromatic nitrogens is 3. The Morgan fingerprint density at radius 3 is 2.67 bits per heavy atom. The smallest absolute Gasteiger partial charge is 0.403 e. The standard InChI is InChI=1S/C20H11F5N4O4/c21-10-2-1-5-26-17(10)16(9-3-4-14(11(22)6-9)33-20(23,24)25)29-18(30)13-7-12-15(8-27-13)32-19(31)28-12/h1-8,16H,(H,28,31)(H,29,30)/p+1/t16-/m0/s1. The lowest BCUT2D eigenvalue weighted by Crippen LogP contribution is -2.34. The molecule has 0 unspecified atom stereocenters. The van der Waals surface area contributed by atoms with E-state index in [-0.39, 0.29) is 28.1 Å². The molecule has 3 aromatic heterocycles. The average molecular weight is 467 g/mol. The highest BCUT2D eigenvalue weighted by atomic mass is 19.4. The van der Waals surface area contributed by atoms with E-state index >= 15 is 0 Å². The average Bonchev–Trinajstić information content (AvgIpc) is 3.12. The molecule has 170 valence electrons. The van der Waals surface area contributed by atoms with Gasteiger partial charge in [0.15, 0.2) is 11.6 Å². The molecule has 1 amide bonds. The first kappa shape index (κ1) is 21.9. The Balaban J connectivity index is 1.71. The van der Waals surface area contributed by atoms with Crippen LogP contribution in [0, 0.1) is 11.6 Å². The molecule has 0 aliphatic heterocycles. The summed E-state index contributed by atoms with van der Waals surface area (Å²) in [6.07, 6.45) is -2.66. The van der Waals surface area contributed by atoms with Gasteiger partial charge in [-0.15, -0.1) is 13.2 Å². The van der Waals surface area contributed by atoms with Gasteiger partial charge in [0.1, 0.15) is 23.1 Å². The van der Waals surface area contributed by atoms with Crippen molar-refractivity contribution in [1.29, 1.82) is 0 Å². The number of carbonyl (C=O) groups is 1. The number of fused-ring (bicyclic) bond motifs is 1. The van der Waals surface area contributed by atoms with Crippen molar-refractivity contribution >= 4 is 17.0 Å². The second kappa shape index (κ2) is 8.33. The number of ether oxygens (including phenoxy) is 1. The van der Waals surface area contributed by atoms with E-state index in [1.165, 1.54) is 24.5 Å². The van der Waals surface area contributed by atoms with Gasteiger partial charge in [-0.3, -0.25) is 14.8 Å². The van der Waals surface area contributed by atoms with Crippen molar-refractivity contribution in [3.05, 3.63) is 87.9 Å². The summed E-state index contributed by atoms with van der Waals surface area (Å²) in [7, 11) is 0. The number of hydrogen-bond acceptors (Lipinski definition) is 5. The SMILES string of the molecule is O=C(N[C@@H](c1ccc(OC(F)(F)F)c(F)c1)c1ncccc1F)c1cc2[nH]c(=O)oc2c[nH+]1. The van der Waals surface area contributed by atoms with Crippen LogP contribution < -0.4 is 20.8 Å². The third kappa shape index (κ3) is 4.81. The highest BCUT2D eigenvalue weighted by Gasteiger charge is 2.33. The number of amides is 1. The number of rotatable bonds is 5. The maximum atomic E-state index is 14.5. The Hall–Kier alpha value is -4.29. The molecule has 0 fully saturated rings. The second-order valence-corrected chi connectivity index (χ2v) is 6.65. The summed E-state index contributed by atoms with van der Waals surface area (Å²) in [5.74, 6) is -4.90.